The Kier molecular flexibility index (Phi) is 4.85. The summed E-state index contributed by atoms with van der Waals surface area (Å²) in [5, 5.41) is 27.0. The Morgan fingerprint density at radius 1 is 0.923 bits per heavy atom. The SMILES string of the molecule is CC(C)(N)CCC(CO)(CO)CO. The summed E-state index contributed by atoms with van der Waals surface area (Å²) in [5.41, 5.74) is 4.65. The highest BCUT2D eigenvalue weighted by Crippen LogP contribution is 2.25. The first-order chi connectivity index (χ1) is 5.89. The second-order valence-corrected chi connectivity index (χ2v) is 4.46. The summed E-state index contributed by atoms with van der Waals surface area (Å²) in [6.07, 6.45) is 1.19. The topological polar surface area (TPSA) is 86.7 Å². The van der Waals surface area contributed by atoms with Crippen molar-refractivity contribution < 1.29 is 15.3 Å². The van der Waals surface area contributed by atoms with Gasteiger partial charge in [0, 0.05) is 11.0 Å². The summed E-state index contributed by atoms with van der Waals surface area (Å²) in [6, 6.07) is 0. The standard InChI is InChI=1S/C9H21NO3/c1-8(2,10)3-4-9(5-11,6-12)7-13/h11-13H,3-7,10H2,1-2H3. The van der Waals surface area contributed by atoms with Gasteiger partial charge < -0.3 is 21.1 Å². The average Bonchev–Trinajstić information content (AvgIpc) is 2.06. The molecule has 0 bridgehead atoms. The van der Waals surface area contributed by atoms with Crippen LogP contribution in [0.15, 0.2) is 0 Å². The van der Waals surface area contributed by atoms with E-state index in [0.717, 1.165) is 0 Å². The molecule has 0 aliphatic carbocycles. The monoisotopic (exact) mass is 191 g/mol. The van der Waals surface area contributed by atoms with Crippen LogP contribution in [0.5, 0.6) is 0 Å². The van der Waals surface area contributed by atoms with Crippen LogP contribution in [0.2, 0.25) is 0 Å². The molecule has 0 heterocycles. The van der Waals surface area contributed by atoms with Crippen LogP contribution in [0.3, 0.4) is 0 Å². The van der Waals surface area contributed by atoms with Gasteiger partial charge in [-0.15, -0.1) is 0 Å². The third-order valence-corrected chi connectivity index (χ3v) is 2.31. The van der Waals surface area contributed by atoms with Gasteiger partial charge in [0.2, 0.25) is 0 Å². The molecule has 4 nitrogen and oxygen atoms in total. The molecule has 13 heavy (non-hydrogen) atoms. The van der Waals surface area contributed by atoms with E-state index >= 15 is 0 Å². The van der Waals surface area contributed by atoms with Crippen molar-refractivity contribution in [3.05, 3.63) is 0 Å². The lowest BCUT2D eigenvalue weighted by atomic mass is 9.82. The van der Waals surface area contributed by atoms with Gasteiger partial charge in [0.05, 0.1) is 19.8 Å². The smallest absolute Gasteiger partial charge is 0.0531 e. The molecule has 0 spiro atoms. The minimum Gasteiger partial charge on any atom is -0.396 e. The van der Waals surface area contributed by atoms with E-state index in [-0.39, 0.29) is 25.4 Å². The first-order valence-corrected chi connectivity index (χ1v) is 4.51. The number of aliphatic hydroxyl groups is 3. The zero-order valence-corrected chi connectivity index (χ0v) is 8.45. The first-order valence-electron chi connectivity index (χ1n) is 4.51. The van der Waals surface area contributed by atoms with E-state index in [1.807, 2.05) is 13.8 Å². The van der Waals surface area contributed by atoms with Crippen LogP contribution in [0.1, 0.15) is 26.7 Å². The van der Waals surface area contributed by atoms with Crippen molar-refractivity contribution in [3.63, 3.8) is 0 Å². The number of hydrogen-bond donors (Lipinski definition) is 4. The quantitative estimate of drug-likeness (QED) is 0.454. The Morgan fingerprint density at radius 3 is 1.54 bits per heavy atom. The van der Waals surface area contributed by atoms with Crippen LogP contribution in [0.25, 0.3) is 0 Å². The molecular weight excluding hydrogens is 170 g/mol. The van der Waals surface area contributed by atoms with E-state index in [1.54, 1.807) is 0 Å². The fourth-order valence-electron chi connectivity index (χ4n) is 0.975. The summed E-state index contributed by atoms with van der Waals surface area (Å²) in [7, 11) is 0. The molecule has 0 fully saturated rings. The van der Waals surface area contributed by atoms with Gasteiger partial charge in [-0.2, -0.15) is 0 Å². The predicted molar refractivity (Wildman–Crippen MR) is 51.2 cm³/mol. The molecule has 0 saturated carbocycles. The fraction of sp³-hybridized carbons (Fsp3) is 1.00. The first kappa shape index (κ1) is 12.8. The number of aliphatic hydroxyl groups excluding tert-OH is 3. The highest BCUT2D eigenvalue weighted by Gasteiger charge is 2.29. The fourth-order valence-corrected chi connectivity index (χ4v) is 0.975. The van der Waals surface area contributed by atoms with Gasteiger partial charge in [-0.3, -0.25) is 0 Å². The van der Waals surface area contributed by atoms with Crippen molar-refractivity contribution in [2.45, 2.75) is 32.2 Å². The maximum atomic E-state index is 9.01. The van der Waals surface area contributed by atoms with Gasteiger partial charge in [0.1, 0.15) is 0 Å². The third kappa shape index (κ3) is 4.57. The third-order valence-electron chi connectivity index (χ3n) is 2.31. The van der Waals surface area contributed by atoms with E-state index in [1.165, 1.54) is 0 Å². The zero-order valence-electron chi connectivity index (χ0n) is 8.45. The largest absolute Gasteiger partial charge is 0.396 e. The molecule has 0 aromatic rings. The van der Waals surface area contributed by atoms with Gasteiger partial charge in [-0.05, 0) is 26.7 Å². The summed E-state index contributed by atoms with van der Waals surface area (Å²) >= 11 is 0. The summed E-state index contributed by atoms with van der Waals surface area (Å²) in [4.78, 5) is 0. The molecule has 0 aliphatic heterocycles. The molecule has 4 heteroatoms. The molecule has 0 radical (unpaired) electrons. The van der Waals surface area contributed by atoms with Gasteiger partial charge in [-0.25, -0.2) is 0 Å². The Hall–Kier alpha value is -0.160. The molecule has 0 aromatic carbocycles. The number of hydrogen-bond acceptors (Lipinski definition) is 4. The minimum atomic E-state index is -0.781. The van der Waals surface area contributed by atoms with Gasteiger partial charge >= 0.3 is 0 Å². The van der Waals surface area contributed by atoms with Crippen LogP contribution < -0.4 is 5.73 Å². The Bertz CT molecular complexity index is 130. The second kappa shape index (κ2) is 4.91. The average molecular weight is 191 g/mol. The molecule has 0 atom stereocenters. The van der Waals surface area contributed by atoms with E-state index in [4.69, 9.17) is 21.1 Å². The van der Waals surface area contributed by atoms with E-state index in [9.17, 15) is 0 Å². The molecule has 0 aliphatic rings. The predicted octanol–water partition coefficient (Wildman–Crippen LogP) is -0.533. The molecule has 80 valence electrons. The van der Waals surface area contributed by atoms with E-state index < -0.39 is 5.41 Å². The Morgan fingerprint density at radius 2 is 1.31 bits per heavy atom. The second-order valence-electron chi connectivity index (χ2n) is 4.46. The highest BCUT2D eigenvalue weighted by molar-refractivity contribution is 4.82. The molecule has 5 N–H and O–H groups in total. The highest BCUT2D eigenvalue weighted by atomic mass is 16.3. The minimum absolute atomic E-state index is 0.212. The zero-order chi connectivity index (χ0) is 10.5. The normalized spacial score (nSPS) is 13.4. The van der Waals surface area contributed by atoms with Crippen molar-refractivity contribution in [1.82, 2.24) is 0 Å². The lowest BCUT2D eigenvalue weighted by Gasteiger charge is -2.30. The maximum Gasteiger partial charge on any atom is 0.0531 e. The lowest BCUT2D eigenvalue weighted by molar-refractivity contribution is -0.00485. The van der Waals surface area contributed by atoms with Gasteiger partial charge in [-0.1, -0.05) is 0 Å². The van der Waals surface area contributed by atoms with E-state index in [2.05, 4.69) is 0 Å². The van der Waals surface area contributed by atoms with Crippen LogP contribution in [-0.4, -0.2) is 40.7 Å². The molecule has 0 rings (SSSR count). The van der Waals surface area contributed by atoms with Crippen LogP contribution in [0.4, 0.5) is 0 Å². The van der Waals surface area contributed by atoms with Crippen molar-refractivity contribution in [1.29, 1.82) is 0 Å². The van der Waals surface area contributed by atoms with Crippen molar-refractivity contribution in [3.8, 4) is 0 Å². The maximum absolute atomic E-state index is 9.01. The molecular formula is C9H21NO3. The van der Waals surface area contributed by atoms with Gasteiger partial charge in [0.15, 0.2) is 0 Å². The summed E-state index contributed by atoms with van der Waals surface area (Å²) < 4.78 is 0. The summed E-state index contributed by atoms with van der Waals surface area (Å²) in [5.74, 6) is 0. The Labute approximate surface area is 79.4 Å². The summed E-state index contributed by atoms with van der Waals surface area (Å²) in [6.45, 7) is 3.12. The Balaban J connectivity index is 4.11. The molecule has 0 unspecified atom stereocenters. The van der Waals surface area contributed by atoms with Crippen LogP contribution >= 0.6 is 0 Å². The van der Waals surface area contributed by atoms with Crippen LogP contribution in [0, 0.1) is 5.41 Å². The molecule has 0 saturated heterocycles. The molecule has 0 amide bonds. The van der Waals surface area contributed by atoms with E-state index in [0.29, 0.717) is 12.8 Å². The number of rotatable bonds is 6. The van der Waals surface area contributed by atoms with Crippen molar-refractivity contribution in [2.24, 2.45) is 11.1 Å². The van der Waals surface area contributed by atoms with Crippen molar-refractivity contribution in [2.75, 3.05) is 19.8 Å². The lowest BCUT2D eigenvalue weighted by Crippen LogP contribution is -2.39. The van der Waals surface area contributed by atoms with Crippen molar-refractivity contribution >= 4 is 0 Å². The number of nitrogens with two attached hydrogens (primary N) is 1. The van der Waals surface area contributed by atoms with Gasteiger partial charge in [0.25, 0.3) is 0 Å². The van der Waals surface area contributed by atoms with Crippen LogP contribution in [-0.2, 0) is 0 Å². The molecule has 0 aromatic heterocycles.